The number of rotatable bonds is 10. The highest BCUT2D eigenvalue weighted by Crippen LogP contribution is 2.33. The standard InChI is InChI=1S/C21H26O7/c1-5-27-19(23)21(20(24)28-6-2,15-18(25-3)26-4)14-10-13-17(22)16-11-8-7-9-12-16/h7-9,11-12,18H,5-6,14-15H2,1-4H3. The van der Waals surface area contributed by atoms with Crippen LogP contribution in [0.4, 0.5) is 0 Å². The van der Waals surface area contributed by atoms with Crippen LogP contribution in [0.15, 0.2) is 30.3 Å². The maximum atomic E-state index is 12.7. The molecular weight excluding hydrogens is 364 g/mol. The average Bonchev–Trinajstić information content (AvgIpc) is 2.71. The summed E-state index contributed by atoms with van der Waals surface area (Å²) in [5.74, 6) is 3.10. The van der Waals surface area contributed by atoms with Gasteiger partial charge < -0.3 is 18.9 Å². The van der Waals surface area contributed by atoms with E-state index in [2.05, 4.69) is 11.8 Å². The number of benzene rings is 1. The largest absolute Gasteiger partial charge is 0.465 e. The first-order chi connectivity index (χ1) is 13.4. The Morgan fingerprint density at radius 3 is 1.96 bits per heavy atom. The number of carbonyl (C=O) groups is 3. The highest BCUT2D eigenvalue weighted by Gasteiger charge is 2.50. The van der Waals surface area contributed by atoms with Crippen LogP contribution in [0.1, 0.15) is 37.0 Å². The molecular formula is C21H26O7. The molecule has 0 aliphatic heterocycles. The molecule has 7 nitrogen and oxygen atoms in total. The third-order valence-electron chi connectivity index (χ3n) is 4.00. The number of carbonyl (C=O) groups excluding carboxylic acids is 3. The molecule has 0 heterocycles. The van der Waals surface area contributed by atoms with E-state index in [1.807, 2.05) is 0 Å². The van der Waals surface area contributed by atoms with Crippen molar-refractivity contribution in [3.63, 3.8) is 0 Å². The second-order valence-electron chi connectivity index (χ2n) is 5.80. The quantitative estimate of drug-likeness (QED) is 0.151. The number of hydrogen-bond donors (Lipinski definition) is 0. The fraction of sp³-hybridized carbons (Fsp3) is 0.476. The lowest BCUT2D eigenvalue weighted by molar-refractivity contribution is -0.184. The van der Waals surface area contributed by atoms with Crippen LogP contribution in [0.25, 0.3) is 0 Å². The fourth-order valence-electron chi connectivity index (χ4n) is 2.49. The molecule has 0 amide bonds. The minimum Gasteiger partial charge on any atom is -0.465 e. The van der Waals surface area contributed by atoms with Crippen LogP contribution in [-0.2, 0) is 28.5 Å². The molecule has 1 aromatic rings. The van der Waals surface area contributed by atoms with E-state index in [4.69, 9.17) is 18.9 Å². The van der Waals surface area contributed by atoms with Gasteiger partial charge in [-0.2, -0.15) is 0 Å². The van der Waals surface area contributed by atoms with Crippen molar-refractivity contribution in [3.8, 4) is 11.8 Å². The number of ether oxygens (including phenoxy) is 4. The number of hydrogen-bond acceptors (Lipinski definition) is 7. The first-order valence-corrected chi connectivity index (χ1v) is 8.93. The normalized spacial score (nSPS) is 10.8. The molecule has 0 N–H and O–H groups in total. The van der Waals surface area contributed by atoms with Crippen molar-refractivity contribution in [1.82, 2.24) is 0 Å². The molecule has 0 aromatic heterocycles. The zero-order chi connectivity index (χ0) is 21.0. The lowest BCUT2D eigenvalue weighted by atomic mass is 9.80. The lowest BCUT2D eigenvalue weighted by Crippen LogP contribution is -2.45. The second-order valence-corrected chi connectivity index (χ2v) is 5.80. The van der Waals surface area contributed by atoms with Crippen LogP contribution in [0.3, 0.4) is 0 Å². The summed E-state index contributed by atoms with van der Waals surface area (Å²) in [5, 5.41) is 0. The Bertz CT molecular complexity index is 693. The Balaban J connectivity index is 3.23. The molecule has 0 fully saturated rings. The average molecular weight is 390 g/mol. The topological polar surface area (TPSA) is 88.1 Å². The van der Waals surface area contributed by atoms with Crippen LogP contribution >= 0.6 is 0 Å². The van der Waals surface area contributed by atoms with Crippen LogP contribution < -0.4 is 0 Å². The molecule has 152 valence electrons. The van der Waals surface area contributed by atoms with Gasteiger partial charge in [-0.1, -0.05) is 36.3 Å². The van der Waals surface area contributed by atoms with Crippen LogP contribution in [0.2, 0.25) is 0 Å². The smallest absolute Gasteiger partial charge is 0.324 e. The molecule has 0 bridgehead atoms. The monoisotopic (exact) mass is 390 g/mol. The number of ketones is 1. The molecule has 0 radical (unpaired) electrons. The number of esters is 2. The van der Waals surface area contributed by atoms with Gasteiger partial charge in [-0.05, 0) is 19.8 Å². The van der Waals surface area contributed by atoms with Gasteiger partial charge in [0.1, 0.15) is 0 Å². The Hall–Kier alpha value is -2.69. The van der Waals surface area contributed by atoms with Gasteiger partial charge in [-0.3, -0.25) is 14.4 Å². The first-order valence-electron chi connectivity index (χ1n) is 8.93. The molecule has 28 heavy (non-hydrogen) atoms. The van der Waals surface area contributed by atoms with Gasteiger partial charge in [-0.25, -0.2) is 0 Å². The molecule has 0 aliphatic rings. The highest BCUT2D eigenvalue weighted by atomic mass is 16.7. The Kier molecular flexibility index (Phi) is 9.93. The summed E-state index contributed by atoms with van der Waals surface area (Å²) in [7, 11) is 2.78. The Morgan fingerprint density at radius 1 is 0.964 bits per heavy atom. The zero-order valence-corrected chi connectivity index (χ0v) is 16.7. The summed E-state index contributed by atoms with van der Waals surface area (Å²) in [4.78, 5) is 37.6. The van der Waals surface area contributed by atoms with Crippen molar-refractivity contribution in [2.45, 2.75) is 33.0 Å². The molecule has 1 aromatic carbocycles. The maximum Gasteiger partial charge on any atom is 0.324 e. The van der Waals surface area contributed by atoms with E-state index in [0.29, 0.717) is 5.56 Å². The second kappa shape index (κ2) is 11.9. The van der Waals surface area contributed by atoms with Gasteiger partial charge in [0.15, 0.2) is 11.7 Å². The summed E-state index contributed by atoms with van der Waals surface area (Å²) >= 11 is 0. The molecule has 1 rings (SSSR count). The van der Waals surface area contributed by atoms with Gasteiger partial charge in [0.2, 0.25) is 5.78 Å². The van der Waals surface area contributed by atoms with Crippen molar-refractivity contribution in [2.24, 2.45) is 5.41 Å². The predicted molar refractivity (Wildman–Crippen MR) is 101 cm³/mol. The van der Waals surface area contributed by atoms with Crippen LogP contribution in [0.5, 0.6) is 0 Å². The van der Waals surface area contributed by atoms with Crippen molar-refractivity contribution in [2.75, 3.05) is 27.4 Å². The highest BCUT2D eigenvalue weighted by molar-refractivity contribution is 6.09. The summed E-state index contributed by atoms with van der Waals surface area (Å²) in [6.45, 7) is 3.40. The lowest BCUT2D eigenvalue weighted by Gasteiger charge is -2.30. The van der Waals surface area contributed by atoms with E-state index < -0.39 is 29.4 Å². The van der Waals surface area contributed by atoms with E-state index >= 15 is 0 Å². The molecule has 0 saturated heterocycles. The molecule has 0 spiro atoms. The predicted octanol–water partition coefficient (Wildman–Crippen LogP) is 2.38. The summed E-state index contributed by atoms with van der Waals surface area (Å²) in [5.41, 5.74) is -1.35. The number of Topliss-reactive ketones (excluding diaryl/α,β-unsaturated/α-hetero) is 1. The maximum absolute atomic E-state index is 12.7. The van der Waals surface area contributed by atoms with Crippen LogP contribution in [0, 0.1) is 17.3 Å². The minimum atomic E-state index is -1.77. The fourth-order valence-corrected chi connectivity index (χ4v) is 2.49. The van der Waals surface area contributed by atoms with Crippen molar-refractivity contribution in [3.05, 3.63) is 35.9 Å². The van der Waals surface area contributed by atoms with E-state index in [0.717, 1.165) is 0 Å². The Morgan fingerprint density at radius 2 is 1.50 bits per heavy atom. The Labute approximate surface area is 165 Å². The SMILES string of the molecule is CCOC(=O)C(CC#CC(=O)c1ccccc1)(CC(OC)OC)C(=O)OCC. The molecule has 0 unspecified atom stereocenters. The molecule has 0 atom stereocenters. The molecule has 7 heteroatoms. The minimum absolute atomic E-state index is 0.0704. The molecule has 0 saturated carbocycles. The van der Waals surface area contributed by atoms with Crippen molar-refractivity contribution < 1.29 is 33.3 Å². The summed E-state index contributed by atoms with van der Waals surface area (Å²) in [6, 6.07) is 8.49. The summed E-state index contributed by atoms with van der Waals surface area (Å²) in [6.07, 6.45) is -1.29. The van der Waals surface area contributed by atoms with E-state index in [1.54, 1.807) is 44.2 Å². The molecule has 0 aliphatic carbocycles. The van der Waals surface area contributed by atoms with E-state index in [1.165, 1.54) is 14.2 Å². The van der Waals surface area contributed by atoms with Gasteiger partial charge in [-0.15, -0.1) is 0 Å². The zero-order valence-electron chi connectivity index (χ0n) is 16.7. The van der Waals surface area contributed by atoms with E-state index in [-0.39, 0.29) is 26.1 Å². The number of methoxy groups -OCH3 is 2. The van der Waals surface area contributed by atoms with Crippen molar-refractivity contribution >= 4 is 17.7 Å². The van der Waals surface area contributed by atoms with E-state index in [9.17, 15) is 14.4 Å². The summed E-state index contributed by atoms with van der Waals surface area (Å²) < 4.78 is 20.5. The van der Waals surface area contributed by atoms with Gasteiger partial charge in [0.05, 0.1) is 13.2 Å². The third-order valence-corrected chi connectivity index (χ3v) is 4.00. The van der Waals surface area contributed by atoms with Crippen LogP contribution in [-0.4, -0.2) is 51.4 Å². The van der Waals surface area contributed by atoms with Crippen molar-refractivity contribution in [1.29, 1.82) is 0 Å². The first kappa shape index (κ1) is 23.3. The van der Waals surface area contributed by atoms with Gasteiger partial charge in [0.25, 0.3) is 0 Å². The van der Waals surface area contributed by atoms with Gasteiger partial charge in [0, 0.05) is 32.6 Å². The third kappa shape index (κ3) is 6.19. The van der Waals surface area contributed by atoms with Gasteiger partial charge >= 0.3 is 11.9 Å².